The average molecular weight is 264 g/mol. The predicted molar refractivity (Wildman–Crippen MR) is 81.8 cm³/mol. The van der Waals surface area contributed by atoms with Gasteiger partial charge >= 0.3 is 0 Å². The summed E-state index contributed by atoms with van der Waals surface area (Å²) in [5, 5.41) is 0. The first-order valence-electron chi connectivity index (χ1n) is 7.54. The van der Waals surface area contributed by atoms with Crippen LogP contribution in [0.2, 0.25) is 0 Å². The van der Waals surface area contributed by atoms with Gasteiger partial charge in [-0.2, -0.15) is 0 Å². The molecule has 1 nitrogen and oxygen atoms in total. The molecule has 2 aromatic rings. The van der Waals surface area contributed by atoms with E-state index >= 15 is 0 Å². The van der Waals surface area contributed by atoms with Crippen molar-refractivity contribution in [1.29, 1.82) is 0 Å². The van der Waals surface area contributed by atoms with E-state index in [1.807, 2.05) is 0 Å². The van der Waals surface area contributed by atoms with E-state index in [-0.39, 0.29) is 5.41 Å². The van der Waals surface area contributed by atoms with Crippen LogP contribution >= 0.6 is 0 Å². The summed E-state index contributed by atoms with van der Waals surface area (Å²) in [6, 6.07) is 11.0. The van der Waals surface area contributed by atoms with Gasteiger partial charge in [0.25, 0.3) is 0 Å². The van der Waals surface area contributed by atoms with Crippen molar-refractivity contribution in [2.45, 2.75) is 38.5 Å². The molecule has 1 fully saturated rings. The second-order valence-corrected chi connectivity index (χ2v) is 6.35. The fraction of sp³-hybridized carbons (Fsp3) is 0.368. The topological polar surface area (TPSA) is 13.1 Å². The van der Waals surface area contributed by atoms with Gasteiger partial charge in [0.05, 0.1) is 0 Å². The van der Waals surface area contributed by atoms with Crippen LogP contribution in [0, 0.1) is 19.8 Å². The molecule has 0 spiro atoms. The zero-order valence-electron chi connectivity index (χ0n) is 12.1. The molecule has 0 aliphatic heterocycles. The van der Waals surface area contributed by atoms with E-state index in [1.54, 1.807) is 0 Å². The van der Waals surface area contributed by atoms with Crippen molar-refractivity contribution >= 4 is 6.08 Å². The zero-order valence-corrected chi connectivity index (χ0v) is 12.1. The van der Waals surface area contributed by atoms with Gasteiger partial charge in [-0.15, -0.1) is 0 Å². The minimum atomic E-state index is 0.163. The Morgan fingerprint density at radius 1 is 1.15 bits per heavy atom. The molecule has 2 aliphatic carbocycles. The highest BCUT2D eigenvalue weighted by atomic mass is 16.3. The summed E-state index contributed by atoms with van der Waals surface area (Å²) in [5.41, 5.74) is 4.42. The number of allylic oxidation sites excluding steroid dienone is 1. The Labute approximate surface area is 120 Å². The Hall–Kier alpha value is -1.76. The Kier molecular flexibility index (Phi) is 2.47. The van der Waals surface area contributed by atoms with Crippen molar-refractivity contribution in [2.75, 3.05) is 0 Å². The van der Waals surface area contributed by atoms with Gasteiger partial charge in [-0.1, -0.05) is 36.4 Å². The molecule has 0 N–H and O–H groups in total. The first kappa shape index (κ1) is 12.0. The maximum atomic E-state index is 5.82. The van der Waals surface area contributed by atoms with Crippen LogP contribution in [-0.2, 0) is 11.8 Å². The van der Waals surface area contributed by atoms with Gasteiger partial charge in [0.2, 0.25) is 0 Å². The molecule has 4 rings (SSSR count). The molecule has 102 valence electrons. The van der Waals surface area contributed by atoms with Crippen molar-refractivity contribution in [3.63, 3.8) is 0 Å². The van der Waals surface area contributed by atoms with Gasteiger partial charge in [0, 0.05) is 11.0 Å². The van der Waals surface area contributed by atoms with E-state index in [9.17, 15) is 0 Å². The van der Waals surface area contributed by atoms with Crippen LogP contribution in [0.3, 0.4) is 0 Å². The highest BCUT2D eigenvalue weighted by Gasteiger charge is 2.47. The van der Waals surface area contributed by atoms with E-state index < -0.39 is 0 Å². The second kappa shape index (κ2) is 4.12. The molecule has 0 amide bonds. The summed E-state index contributed by atoms with van der Waals surface area (Å²) in [4.78, 5) is 0. The molecule has 1 unspecified atom stereocenters. The second-order valence-electron chi connectivity index (χ2n) is 6.35. The standard InChI is InChI=1S/C19H20O/c1-13-11-18(14(2)20-13)19(17-7-8-17)10-9-15-5-3-4-6-16(15)12-19/h3-6,9-11,17H,7-8,12H2,1-2H3. The van der Waals surface area contributed by atoms with Crippen molar-refractivity contribution in [3.05, 3.63) is 64.6 Å². The Morgan fingerprint density at radius 2 is 1.95 bits per heavy atom. The number of furan rings is 1. The van der Waals surface area contributed by atoms with Gasteiger partial charge in [-0.3, -0.25) is 0 Å². The summed E-state index contributed by atoms with van der Waals surface area (Å²) in [5.74, 6) is 2.91. The predicted octanol–water partition coefficient (Wildman–Crippen LogP) is 4.81. The molecule has 0 saturated heterocycles. The number of fused-ring (bicyclic) bond motifs is 1. The van der Waals surface area contributed by atoms with Crippen LogP contribution in [0.25, 0.3) is 6.08 Å². The fourth-order valence-electron chi connectivity index (χ4n) is 3.85. The molecule has 1 aromatic heterocycles. The van der Waals surface area contributed by atoms with E-state index in [1.165, 1.54) is 29.5 Å². The zero-order chi connectivity index (χ0) is 13.7. The summed E-state index contributed by atoms with van der Waals surface area (Å²) < 4.78 is 5.82. The maximum absolute atomic E-state index is 5.82. The smallest absolute Gasteiger partial charge is 0.105 e. The Bertz CT molecular complexity index is 688. The summed E-state index contributed by atoms with van der Waals surface area (Å²) in [7, 11) is 0. The van der Waals surface area contributed by atoms with Gasteiger partial charge in [0.1, 0.15) is 11.5 Å². The average Bonchev–Trinajstić information content (AvgIpc) is 3.24. The maximum Gasteiger partial charge on any atom is 0.105 e. The van der Waals surface area contributed by atoms with E-state index in [0.29, 0.717) is 0 Å². The lowest BCUT2D eigenvalue weighted by Gasteiger charge is -2.34. The van der Waals surface area contributed by atoms with Crippen molar-refractivity contribution < 1.29 is 4.42 Å². The largest absolute Gasteiger partial charge is 0.466 e. The molecular formula is C19H20O. The van der Waals surface area contributed by atoms with Crippen LogP contribution < -0.4 is 0 Å². The third-order valence-corrected chi connectivity index (χ3v) is 4.95. The number of hydrogen-bond donors (Lipinski definition) is 0. The lowest BCUT2D eigenvalue weighted by atomic mass is 9.68. The van der Waals surface area contributed by atoms with E-state index in [2.05, 4.69) is 56.3 Å². The van der Waals surface area contributed by atoms with E-state index in [0.717, 1.165) is 23.9 Å². The SMILES string of the molecule is Cc1cc(C2(C3CC3)C=Cc3ccccc3C2)c(C)o1. The van der Waals surface area contributed by atoms with Crippen LogP contribution in [0.15, 0.2) is 40.8 Å². The highest BCUT2D eigenvalue weighted by Crippen LogP contribution is 2.53. The summed E-state index contributed by atoms with van der Waals surface area (Å²) in [6.45, 7) is 4.17. The number of hydrogen-bond acceptors (Lipinski definition) is 1. The van der Waals surface area contributed by atoms with Crippen molar-refractivity contribution in [3.8, 4) is 0 Å². The van der Waals surface area contributed by atoms with Crippen LogP contribution in [0.1, 0.15) is 41.1 Å². The quantitative estimate of drug-likeness (QED) is 0.758. The lowest BCUT2D eigenvalue weighted by molar-refractivity contribution is 0.437. The highest BCUT2D eigenvalue weighted by molar-refractivity contribution is 5.61. The third-order valence-electron chi connectivity index (χ3n) is 4.95. The normalized spacial score (nSPS) is 24.7. The molecule has 1 saturated carbocycles. The van der Waals surface area contributed by atoms with E-state index in [4.69, 9.17) is 4.42 Å². The van der Waals surface area contributed by atoms with Crippen LogP contribution in [0.4, 0.5) is 0 Å². The molecule has 20 heavy (non-hydrogen) atoms. The summed E-state index contributed by atoms with van der Waals surface area (Å²) in [6.07, 6.45) is 8.57. The van der Waals surface area contributed by atoms with Crippen LogP contribution in [-0.4, -0.2) is 0 Å². The molecule has 2 aliphatic rings. The minimum Gasteiger partial charge on any atom is -0.466 e. The monoisotopic (exact) mass is 264 g/mol. The minimum absolute atomic E-state index is 0.163. The van der Waals surface area contributed by atoms with Gasteiger partial charge < -0.3 is 4.42 Å². The molecule has 1 atom stereocenters. The third kappa shape index (κ3) is 1.69. The molecule has 1 aromatic carbocycles. The molecular weight excluding hydrogens is 244 g/mol. The number of rotatable bonds is 2. The Balaban J connectivity index is 1.86. The molecule has 0 radical (unpaired) electrons. The molecule has 0 bridgehead atoms. The Morgan fingerprint density at radius 3 is 2.65 bits per heavy atom. The first-order valence-corrected chi connectivity index (χ1v) is 7.54. The summed E-state index contributed by atoms with van der Waals surface area (Å²) >= 11 is 0. The lowest BCUT2D eigenvalue weighted by Crippen LogP contribution is -2.31. The molecule has 1 heteroatoms. The van der Waals surface area contributed by atoms with Gasteiger partial charge in [0.15, 0.2) is 0 Å². The van der Waals surface area contributed by atoms with Gasteiger partial charge in [-0.05, 0) is 56.2 Å². The van der Waals surface area contributed by atoms with Crippen LogP contribution in [0.5, 0.6) is 0 Å². The number of aryl methyl sites for hydroxylation is 2. The van der Waals surface area contributed by atoms with Crippen molar-refractivity contribution in [1.82, 2.24) is 0 Å². The molecule has 1 heterocycles. The fourth-order valence-corrected chi connectivity index (χ4v) is 3.85. The number of benzene rings is 1. The van der Waals surface area contributed by atoms with Crippen molar-refractivity contribution in [2.24, 2.45) is 5.92 Å². The first-order chi connectivity index (χ1) is 9.69. The van der Waals surface area contributed by atoms with Gasteiger partial charge in [-0.25, -0.2) is 0 Å².